The Labute approximate surface area is 156 Å². The summed E-state index contributed by atoms with van der Waals surface area (Å²) in [5.41, 5.74) is 1.02. The van der Waals surface area contributed by atoms with Crippen molar-refractivity contribution in [2.45, 2.75) is 0 Å². The predicted octanol–water partition coefficient (Wildman–Crippen LogP) is 5.29. The number of hydrogen-bond acceptors (Lipinski definition) is 6. The van der Waals surface area contributed by atoms with Gasteiger partial charge in [-0.05, 0) is 52.3 Å². The number of nitrogens with one attached hydrogen (secondary N) is 2. The Morgan fingerprint density at radius 1 is 1.00 bits per heavy atom. The van der Waals surface area contributed by atoms with Crippen LogP contribution in [-0.2, 0) is 0 Å². The van der Waals surface area contributed by atoms with Gasteiger partial charge in [-0.3, -0.25) is 10.1 Å². The molecule has 0 saturated heterocycles. The van der Waals surface area contributed by atoms with Crippen LogP contribution >= 0.6 is 27.5 Å². The maximum Gasteiger partial charge on any atom is 0.353 e. The number of nitrogens with zero attached hydrogens (tertiary/aromatic N) is 3. The van der Waals surface area contributed by atoms with E-state index in [2.05, 4.69) is 36.5 Å². The van der Waals surface area contributed by atoms with E-state index >= 15 is 0 Å². The average molecular weight is 421 g/mol. The summed E-state index contributed by atoms with van der Waals surface area (Å²) in [7, 11) is 0. The minimum absolute atomic E-state index is 0.0804. The van der Waals surface area contributed by atoms with Gasteiger partial charge in [-0.2, -0.15) is 0 Å². The molecule has 0 fully saturated rings. The van der Waals surface area contributed by atoms with E-state index in [4.69, 9.17) is 11.6 Å². The van der Waals surface area contributed by atoms with E-state index in [1.54, 1.807) is 30.3 Å². The predicted molar refractivity (Wildman–Crippen MR) is 101 cm³/mol. The molecular formula is C16H11BrClN5O2. The molecule has 1 aromatic heterocycles. The van der Waals surface area contributed by atoms with Crippen molar-refractivity contribution < 1.29 is 4.92 Å². The van der Waals surface area contributed by atoms with Crippen molar-refractivity contribution in [3.8, 4) is 0 Å². The highest BCUT2D eigenvalue weighted by molar-refractivity contribution is 9.10. The highest BCUT2D eigenvalue weighted by atomic mass is 79.9. The maximum atomic E-state index is 11.6. The molecule has 126 valence electrons. The van der Waals surface area contributed by atoms with Crippen molar-refractivity contribution in [2.75, 3.05) is 10.6 Å². The fourth-order valence-electron chi connectivity index (χ4n) is 2.09. The molecule has 0 radical (unpaired) electrons. The number of nitro groups is 1. The Bertz CT molecular complexity index is 921. The quantitative estimate of drug-likeness (QED) is 0.430. The topological polar surface area (TPSA) is 93.0 Å². The first kappa shape index (κ1) is 17.1. The summed E-state index contributed by atoms with van der Waals surface area (Å²) in [5.74, 6) is 0.167. The van der Waals surface area contributed by atoms with E-state index in [9.17, 15) is 10.1 Å². The van der Waals surface area contributed by atoms with Gasteiger partial charge in [-0.25, -0.2) is 9.97 Å². The summed E-state index contributed by atoms with van der Waals surface area (Å²) in [6, 6.07) is 14.0. The summed E-state index contributed by atoms with van der Waals surface area (Å²) in [5, 5.41) is 18.0. The zero-order valence-corrected chi connectivity index (χ0v) is 15.0. The number of benzene rings is 2. The molecule has 1 heterocycles. The van der Waals surface area contributed by atoms with E-state index < -0.39 is 4.92 Å². The standard InChI is InChI=1S/C16H11BrClN5O2/c17-12-3-1-2-4-13(12)22-16-14(23(24)25)15(19-9-20-16)21-11-7-5-10(18)6-8-11/h1-9H,(H2,19,20,21,22). The summed E-state index contributed by atoms with van der Waals surface area (Å²) in [4.78, 5) is 19.0. The van der Waals surface area contributed by atoms with Gasteiger partial charge in [-0.15, -0.1) is 0 Å². The number of hydrogen-bond donors (Lipinski definition) is 2. The second-order valence-electron chi connectivity index (χ2n) is 4.91. The normalized spacial score (nSPS) is 10.3. The van der Waals surface area contributed by atoms with Crippen LogP contribution in [0.1, 0.15) is 0 Å². The SMILES string of the molecule is O=[N+]([O-])c1c(Nc2ccc(Cl)cc2)ncnc1Nc1ccccc1Br. The Kier molecular flexibility index (Phi) is 5.11. The van der Waals surface area contributed by atoms with Crippen LogP contribution in [-0.4, -0.2) is 14.9 Å². The number of aromatic nitrogens is 2. The third-order valence-electron chi connectivity index (χ3n) is 3.24. The zero-order chi connectivity index (χ0) is 17.8. The summed E-state index contributed by atoms with van der Waals surface area (Å²) >= 11 is 9.24. The van der Waals surface area contributed by atoms with Gasteiger partial charge >= 0.3 is 5.69 Å². The molecule has 7 nitrogen and oxygen atoms in total. The Morgan fingerprint density at radius 2 is 1.64 bits per heavy atom. The Balaban J connectivity index is 1.98. The van der Waals surface area contributed by atoms with Gasteiger partial charge in [0.1, 0.15) is 6.33 Å². The van der Waals surface area contributed by atoms with Gasteiger partial charge in [0.05, 0.1) is 10.6 Å². The highest BCUT2D eigenvalue weighted by Crippen LogP contribution is 2.34. The number of anilines is 4. The molecule has 25 heavy (non-hydrogen) atoms. The molecule has 2 aromatic carbocycles. The molecule has 9 heteroatoms. The van der Waals surface area contributed by atoms with Crippen molar-refractivity contribution in [2.24, 2.45) is 0 Å². The molecule has 2 N–H and O–H groups in total. The van der Waals surface area contributed by atoms with Crippen LogP contribution in [0.2, 0.25) is 5.02 Å². The van der Waals surface area contributed by atoms with Crippen LogP contribution in [0.15, 0.2) is 59.3 Å². The molecule has 0 atom stereocenters. The lowest BCUT2D eigenvalue weighted by molar-refractivity contribution is -0.383. The van der Waals surface area contributed by atoms with E-state index in [0.29, 0.717) is 16.4 Å². The molecule has 0 unspecified atom stereocenters. The van der Waals surface area contributed by atoms with Crippen molar-refractivity contribution in [1.82, 2.24) is 9.97 Å². The van der Waals surface area contributed by atoms with Crippen LogP contribution in [0, 0.1) is 10.1 Å². The van der Waals surface area contributed by atoms with Crippen LogP contribution in [0.25, 0.3) is 0 Å². The number of para-hydroxylation sites is 1. The summed E-state index contributed by atoms with van der Waals surface area (Å²) in [6.07, 6.45) is 1.25. The minimum Gasteiger partial charge on any atom is -0.334 e. The van der Waals surface area contributed by atoms with Gasteiger partial charge in [0.25, 0.3) is 0 Å². The summed E-state index contributed by atoms with van der Waals surface area (Å²) < 4.78 is 0.759. The van der Waals surface area contributed by atoms with Gasteiger partial charge < -0.3 is 10.6 Å². The smallest absolute Gasteiger partial charge is 0.334 e. The molecular weight excluding hydrogens is 410 g/mol. The van der Waals surface area contributed by atoms with Crippen molar-refractivity contribution in [1.29, 1.82) is 0 Å². The van der Waals surface area contributed by atoms with Gasteiger partial charge in [0, 0.05) is 15.2 Å². The number of halogens is 2. The third kappa shape index (κ3) is 4.04. The van der Waals surface area contributed by atoms with E-state index in [1.807, 2.05) is 18.2 Å². The van der Waals surface area contributed by atoms with Crippen LogP contribution in [0.5, 0.6) is 0 Å². The van der Waals surface area contributed by atoms with E-state index in [-0.39, 0.29) is 17.3 Å². The monoisotopic (exact) mass is 419 g/mol. The third-order valence-corrected chi connectivity index (χ3v) is 4.18. The van der Waals surface area contributed by atoms with Gasteiger partial charge in [0.2, 0.25) is 11.6 Å². The fraction of sp³-hybridized carbons (Fsp3) is 0. The molecule has 0 saturated carbocycles. The molecule has 3 rings (SSSR count). The van der Waals surface area contributed by atoms with Crippen molar-refractivity contribution in [3.05, 3.63) is 74.5 Å². The largest absolute Gasteiger partial charge is 0.353 e. The first-order valence-corrected chi connectivity index (χ1v) is 8.25. The van der Waals surface area contributed by atoms with Crippen LogP contribution in [0.4, 0.5) is 28.7 Å². The van der Waals surface area contributed by atoms with E-state index in [1.165, 1.54) is 6.33 Å². The molecule has 0 bridgehead atoms. The lowest BCUT2D eigenvalue weighted by Gasteiger charge is -2.11. The van der Waals surface area contributed by atoms with Crippen LogP contribution in [0.3, 0.4) is 0 Å². The Morgan fingerprint density at radius 3 is 2.28 bits per heavy atom. The first-order valence-electron chi connectivity index (χ1n) is 7.08. The summed E-state index contributed by atoms with van der Waals surface area (Å²) in [6.45, 7) is 0. The fourth-order valence-corrected chi connectivity index (χ4v) is 2.60. The van der Waals surface area contributed by atoms with Gasteiger partial charge in [-0.1, -0.05) is 23.7 Å². The number of rotatable bonds is 5. The minimum atomic E-state index is -0.530. The van der Waals surface area contributed by atoms with E-state index in [0.717, 1.165) is 4.47 Å². The average Bonchev–Trinajstić information content (AvgIpc) is 2.59. The van der Waals surface area contributed by atoms with Crippen molar-refractivity contribution in [3.63, 3.8) is 0 Å². The maximum absolute atomic E-state index is 11.6. The molecule has 0 amide bonds. The second-order valence-corrected chi connectivity index (χ2v) is 6.20. The molecule has 0 spiro atoms. The van der Waals surface area contributed by atoms with Crippen molar-refractivity contribution >= 4 is 56.2 Å². The molecule has 0 aliphatic rings. The zero-order valence-electron chi connectivity index (χ0n) is 12.6. The first-order chi connectivity index (χ1) is 12.0. The highest BCUT2D eigenvalue weighted by Gasteiger charge is 2.23. The molecule has 0 aliphatic carbocycles. The van der Waals surface area contributed by atoms with Crippen LogP contribution < -0.4 is 10.6 Å². The lowest BCUT2D eigenvalue weighted by atomic mass is 10.3. The second kappa shape index (κ2) is 7.45. The molecule has 0 aliphatic heterocycles. The Hall–Kier alpha value is -2.71. The molecule has 3 aromatic rings. The van der Waals surface area contributed by atoms with Gasteiger partial charge in [0.15, 0.2) is 0 Å². The lowest BCUT2D eigenvalue weighted by Crippen LogP contribution is -2.05.